The van der Waals surface area contributed by atoms with E-state index in [-0.39, 0.29) is 11.9 Å². The summed E-state index contributed by atoms with van der Waals surface area (Å²) in [5, 5.41) is 6.25. The Hall–Kier alpha value is -0.870. The minimum absolute atomic E-state index is 0.0979. The van der Waals surface area contributed by atoms with Gasteiger partial charge in [0.15, 0.2) is 0 Å². The Morgan fingerprint density at radius 3 is 2.83 bits per heavy atom. The molecule has 18 heavy (non-hydrogen) atoms. The van der Waals surface area contributed by atoms with Crippen molar-refractivity contribution < 1.29 is 4.79 Å². The van der Waals surface area contributed by atoms with E-state index < -0.39 is 0 Å². The number of rotatable bonds is 5. The fraction of sp³-hybridized carbons (Fsp3) is 0.500. The normalized spacial score (nSPS) is 16.4. The molecule has 1 aliphatic carbocycles. The van der Waals surface area contributed by atoms with Gasteiger partial charge < -0.3 is 10.6 Å². The van der Waals surface area contributed by atoms with Crippen molar-refractivity contribution in [2.45, 2.75) is 45.3 Å². The van der Waals surface area contributed by atoms with E-state index in [4.69, 9.17) is 0 Å². The molecule has 3 nitrogen and oxygen atoms in total. The molecule has 1 aromatic carbocycles. The second-order valence-corrected chi connectivity index (χ2v) is 5.83. The van der Waals surface area contributed by atoms with Gasteiger partial charge in [0, 0.05) is 17.1 Å². The van der Waals surface area contributed by atoms with Crippen LogP contribution in [0.15, 0.2) is 22.7 Å². The highest BCUT2D eigenvalue weighted by Gasteiger charge is 2.25. The maximum absolute atomic E-state index is 11.8. The molecule has 1 saturated carbocycles. The zero-order chi connectivity index (χ0) is 13.1. The third kappa shape index (κ3) is 3.82. The Bertz CT molecular complexity index is 443. The summed E-state index contributed by atoms with van der Waals surface area (Å²) in [6.07, 6.45) is 2.25. The smallest absolute Gasteiger partial charge is 0.237 e. The monoisotopic (exact) mass is 310 g/mol. The van der Waals surface area contributed by atoms with Crippen LogP contribution in [0.2, 0.25) is 0 Å². The lowest BCUT2D eigenvalue weighted by atomic mass is 10.1. The van der Waals surface area contributed by atoms with E-state index in [9.17, 15) is 4.79 Å². The van der Waals surface area contributed by atoms with Crippen LogP contribution in [0.5, 0.6) is 0 Å². The van der Waals surface area contributed by atoms with Crippen LogP contribution in [-0.2, 0) is 11.3 Å². The van der Waals surface area contributed by atoms with Gasteiger partial charge in [-0.1, -0.05) is 28.1 Å². The maximum Gasteiger partial charge on any atom is 0.237 e. The van der Waals surface area contributed by atoms with Crippen molar-refractivity contribution in [1.82, 2.24) is 10.6 Å². The van der Waals surface area contributed by atoms with Gasteiger partial charge >= 0.3 is 0 Å². The summed E-state index contributed by atoms with van der Waals surface area (Å²) in [6.45, 7) is 4.66. The van der Waals surface area contributed by atoms with Crippen LogP contribution >= 0.6 is 15.9 Å². The summed E-state index contributed by atoms with van der Waals surface area (Å²) in [5.41, 5.74) is 2.40. The number of aryl methyl sites for hydroxylation is 1. The summed E-state index contributed by atoms with van der Waals surface area (Å²) in [4.78, 5) is 11.8. The third-order valence-electron chi connectivity index (χ3n) is 3.12. The Labute approximate surface area is 116 Å². The number of benzene rings is 1. The molecular formula is C14H19BrN2O. The molecule has 1 aliphatic rings. The van der Waals surface area contributed by atoms with Crippen molar-refractivity contribution in [1.29, 1.82) is 0 Å². The molecule has 0 spiro atoms. The molecule has 0 bridgehead atoms. The topological polar surface area (TPSA) is 41.1 Å². The lowest BCUT2D eigenvalue weighted by Gasteiger charge is -2.14. The van der Waals surface area contributed by atoms with Crippen LogP contribution in [0, 0.1) is 6.92 Å². The van der Waals surface area contributed by atoms with Crippen LogP contribution < -0.4 is 10.6 Å². The van der Waals surface area contributed by atoms with Gasteiger partial charge in [-0.05, 0) is 43.9 Å². The van der Waals surface area contributed by atoms with Gasteiger partial charge in [-0.2, -0.15) is 0 Å². The Balaban J connectivity index is 1.84. The van der Waals surface area contributed by atoms with Gasteiger partial charge in [0.1, 0.15) is 0 Å². The van der Waals surface area contributed by atoms with Crippen LogP contribution in [0.25, 0.3) is 0 Å². The molecule has 1 aromatic rings. The van der Waals surface area contributed by atoms with Crippen LogP contribution in [0.1, 0.15) is 30.9 Å². The standard InChI is InChI=1S/C14H19BrN2O/c1-9-3-4-11(13(15)7-9)8-16-10(2)14(18)17-12-5-6-12/h3-4,7,10,12,16H,5-6,8H2,1-2H3,(H,17,18). The number of hydrogen-bond acceptors (Lipinski definition) is 2. The van der Waals surface area contributed by atoms with Gasteiger partial charge in [-0.3, -0.25) is 4.79 Å². The van der Waals surface area contributed by atoms with Crippen LogP contribution in [-0.4, -0.2) is 18.0 Å². The molecule has 4 heteroatoms. The minimum atomic E-state index is -0.154. The van der Waals surface area contributed by atoms with E-state index in [1.807, 2.05) is 6.92 Å². The predicted octanol–water partition coefficient (Wildman–Crippen LogP) is 2.51. The molecule has 1 fully saturated rings. The third-order valence-corrected chi connectivity index (χ3v) is 3.86. The number of hydrogen-bond donors (Lipinski definition) is 2. The Morgan fingerprint density at radius 1 is 1.50 bits per heavy atom. The van der Waals surface area contributed by atoms with Crippen molar-refractivity contribution >= 4 is 21.8 Å². The Kier molecular flexibility index (Phi) is 4.40. The van der Waals surface area contributed by atoms with E-state index in [1.54, 1.807) is 0 Å². The first-order valence-electron chi connectivity index (χ1n) is 6.35. The highest BCUT2D eigenvalue weighted by Crippen LogP contribution is 2.19. The maximum atomic E-state index is 11.8. The highest BCUT2D eigenvalue weighted by molar-refractivity contribution is 9.10. The van der Waals surface area contributed by atoms with E-state index >= 15 is 0 Å². The number of carbonyl (C=O) groups excluding carboxylic acids is 1. The molecule has 1 atom stereocenters. The van der Waals surface area contributed by atoms with Crippen LogP contribution in [0.3, 0.4) is 0 Å². The van der Waals surface area contributed by atoms with Gasteiger partial charge in [0.2, 0.25) is 5.91 Å². The molecule has 1 amide bonds. The van der Waals surface area contributed by atoms with Gasteiger partial charge in [0.05, 0.1) is 6.04 Å². The molecular weight excluding hydrogens is 292 g/mol. The highest BCUT2D eigenvalue weighted by atomic mass is 79.9. The van der Waals surface area contributed by atoms with Gasteiger partial charge in [-0.25, -0.2) is 0 Å². The average Bonchev–Trinajstić information content (AvgIpc) is 3.11. The second kappa shape index (κ2) is 5.85. The first kappa shape index (κ1) is 13.6. The molecule has 1 unspecified atom stereocenters. The van der Waals surface area contributed by atoms with Crippen molar-refractivity contribution in [2.75, 3.05) is 0 Å². The molecule has 0 aliphatic heterocycles. The summed E-state index contributed by atoms with van der Waals surface area (Å²) in [5.74, 6) is 0.0979. The molecule has 2 N–H and O–H groups in total. The number of halogens is 1. The van der Waals surface area contributed by atoms with E-state index in [2.05, 4.69) is 51.7 Å². The average molecular weight is 311 g/mol. The van der Waals surface area contributed by atoms with Crippen LogP contribution in [0.4, 0.5) is 0 Å². The zero-order valence-corrected chi connectivity index (χ0v) is 12.4. The fourth-order valence-corrected chi connectivity index (χ4v) is 2.34. The molecule has 0 heterocycles. The van der Waals surface area contributed by atoms with Crippen molar-refractivity contribution in [3.05, 3.63) is 33.8 Å². The lowest BCUT2D eigenvalue weighted by Crippen LogP contribution is -2.42. The SMILES string of the molecule is Cc1ccc(CNC(C)C(=O)NC2CC2)c(Br)c1. The van der Waals surface area contributed by atoms with E-state index in [0.29, 0.717) is 12.6 Å². The molecule has 0 saturated heterocycles. The molecule has 0 radical (unpaired) electrons. The van der Waals surface area contributed by atoms with Gasteiger partial charge in [-0.15, -0.1) is 0 Å². The first-order valence-corrected chi connectivity index (χ1v) is 7.14. The van der Waals surface area contributed by atoms with Crippen molar-refractivity contribution in [2.24, 2.45) is 0 Å². The Morgan fingerprint density at radius 2 is 2.22 bits per heavy atom. The predicted molar refractivity (Wildman–Crippen MR) is 76.3 cm³/mol. The summed E-state index contributed by atoms with van der Waals surface area (Å²) in [7, 11) is 0. The quantitative estimate of drug-likeness (QED) is 0.877. The minimum Gasteiger partial charge on any atom is -0.352 e. The number of nitrogens with one attached hydrogen (secondary N) is 2. The summed E-state index contributed by atoms with van der Waals surface area (Å²) >= 11 is 3.54. The summed E-state index contributed by atoms with van der Waals surface area (Å²) < 4.78 is 1.09. The van der Waals surface area contributed by atoms with Gasteiger partial charge in [0.25, 0.3) is 0 Å². The number of carbonyl (C=O) groups is 1. The molecule has 98 valence electrons. The van der Waals surface area contributed by atoms with Crippen molar-refractivity contribution in [3.8, 4) is 0 Å². The molecule has 0 aromatic heterocycles. The largest absolute Gasteiger partial charge is 0.352 e. The lowest BCUT2D eigenvalue weighted by molar-refractivity contribution is -0.122. The van der Waals surface area contributed by atoms with E-state index in [0.717, 1.165) is 17.3 Å². The fourth-order valence-electron chi connectivity index (χ4n) is 1.71. The number of amides is 1. The zero-order valence-electron chi connectivity index (χ0n) is 10.8. The van der Waals surface area contributed by atoms with Crippen molar-refractivity contribution in [3.63, 3.8) is 0 Å². The molecule has 2 rings (SSSR count). The second-order valence-electron chi connectivity index (χ2n) is 4.98. The van der Waals surface area contributed by atoms with E-state index in [1.165, 1.54) is 11.1 Å². The summed E-state index contributed by atoms with van der Waals surface area (Å²) in [6, 6.07) is 6.52. The first-order chi connectivity index (χ1) is 8.56.